The Balaban J connectivity index is 1.73. The Morgan fingerprint density at radius 3 is 2.74 bits per heavy atom. The van der Waals surface area contributed by atoms with Crippen molar-refractivity contribution in [3.05, 3.63) is 58.0 Å². The van der Waals surface area contributed by atoms with E-state index < -0.39 is 17.7 Å². The van der Waals surface area contributed by atoms with E-state index in [4.69, 9.17) is 19.9 Å². The van der Waals surface area contributed by atoms with E-state index >= 15 is 0 Å². The summed E-state index contributed by atoms with van der Waals surface area (Å²) >= 11 is 0. The smallest absolute Gasteiger partial charge is 0.333 e. The Kier molecular flexibility index (Phi) is 5.62. The normalized spacial score (nSPS) is 18.2. The molecule has 0 amide bonds. The van der Waals surface area contributed by atoms with Gasteiger partial charge in [0.05, 0.1) is 0 Å². The lowest BCUT2D eigenvalue weighted by atomic mass is 9.90. The number of ether oxygens (including phenoxy) is 3. The second kappa shape index (κ2) is 7.94. The molecule has 1 unspecified atom stereocenters. The summed E-state index contributed by atoms with van der Waals surface area (Å²) in [6, 6.07) is 8.69. The Labute approximate surface area is 157 Å². The first-order valence-corrected chi connectivity index (χ1v) is 8.88. The SMILES string of the molecule is COC1(C(N)=CC(=O)OC(C)c2ccc3[nH]c(=O)ccc3c2)CCOCC1. The molecule has 1 fully saturated rings. The van der Waals surface area contributed by atoms with Crippen LogP contribution in [0.4, 0.5) is 0 Å². The topological polar surface area (TPSA) is 104 Å². The van der Waals surface area contributed by atoms with Crippen LogP contribution in [0.3, 0.4) is 0 Å². The van der Waals surface area contributed by atoms with Crippen LogP contribution in [0.1, 0.15) is 31.4 Å². The number of pyridine rings is 1. The van der Waals surface area contributed by atoms with Gasteiger partial charge in [0.25, 0.3) is 0 Å². The van der Waals surface area contributed by atoms with Crippen molar-refractivity contribution in [2.75, 3.05) is 20.3 Å². The first-order valence-electron chi connectivity index (χ1n) is 8.88. The standard InChI is InChI=1S/C20H24N2O5/c1-13(14-3-5-16-15(11-14)4-6-18(23)22-16)27-19(24)12-17(21)20(25-2)7-9-26-10-8-20/h3-6,11-13H,7-10,21H2,1-2H3,(H,22,23). The van der Waals surface area contributed by atoms with Crippen LogP contribution in [0.2, 0.25) is 0 Å². The number of carbonyl (C=O) groups is 1. The van der Waals surface area contributed by atoms with Crippen LogP contribution in [-0.4, -0.2) is 36.9 Å². The number of fused-ring (bicyclic) bond motifs is 1. The highest BCUT2D eigenvalue weighted by atomic mass is 16.5. The van der Waals surface area contributed by atoms with Gasteiger partial charge in [0, 0.05) is 56.5 Å². The zero-order chi connectivity index (χ0) is 19.4. The first kappa shape index (κ1) is 19.1. The van der Waals surface area contributed by atoms with Crippen LogP contribution in [-0.2, 0) is 19.0 Å². The van der Waals surface area contributed by atoms with Crippen molar-refractivity contribution in [2.45, 2.75) is 31.5 Å². The highest BCUT2D eigenvalue weighted by Crippen LogP contribution is 2.30. The lowest BCUT2D eigenvalue weighted by Gasteiger charge is -2.36. The number of benzene rings is 1. The number of methoxy groups -OCH3 is 1. The number of carbonyl (C=O) groups excluding carboxylic acids is 1. The van der Waals surface area contributed by atoms with E-state index in [1.165, 1.54) is 12.1 Å². The second-order valence-corrected chi connectivity index (χ2v) is 6.66. The van der Waals surface area contributed by atoms with Gasteiger partial charge in [-0.05, 0) is 36.1 Å². The van der Waals surface area contributed by atoms with Crippen LogP contribution in [0, 0.1) is 0 Å². The van der Waals surface area contributed by atoms with Crippen molar-refractivity contribution < 1.29 is 19.0 Å². The minimum atomic E-state index is -0.685. The molecule has 144 valence electrons. The number of hydrogen-bond donors (Lipinski definition) is 2. The van der Waals surface area contributed by atoms with Crippen LogP contribution in [0.5, 0.6) is 0 Å². The van der Waals surface area contributed by atoms with E-state index in [0.29, 0.717) is 31.8 Å². The average molecular weight is 372 g/mol. The summed E-state index contributed by atoms with van der Waals surface area (Å²) < 4.78 is 16.4. The Morgan fingerprint density at radius 1 is 1.30 bits per heavy atom. The molecule has 0 aliphatic carbocycles. The fraction of sp³-hybridized carbons (Fsp3) is 0.400. The maximum absolute atomic E-state index is 12.3. The van der Waals surface area contributed by atoms with Gasteiger partial charge in [-0.25, -0.2) is 4.79 Å². The summed E-state index contributed by atoms with van der Waals surface area (Å²) in [4.78, 5) is 26.5. The van der Waals surface area contributed by atoms with Gasteiger partial charge in [0.1, 0.15) is 11.7 Å². The van der Waals surface area contributed by atoms with E-state index in [9.17, 15) is 9.59 Å². The van der Waals surface area contributed by atoms with Crippen LogP contribution >= 0.6 is 0 Å². The molecule has 0 radical (unpaired) electrons. The quantitative estimate of drug-likeness (QED) is 0.616. The molecule has 1 aromatic heterocycles. The van der Waals surface area contributed by atoms with E-state index in [2.05, 4.69) is 4.98 Å². The molecule has 0 saturated carbocycles. The number of H-pyrrole nitrogens is 1. The Bertz CT molecular complexity index is 912. The van der Waals surface area contributed by atoms with Crippen LogP contribution in [0.25, 0.3) is 10.9 Å². The summed E-state index contributed by atoms with van der Waals surface area (Å²) in [6.07, 6.45) is 2.02. The molecule has 7 nitrogen and oxygen atoms in total. The van der Waals surface area contributed by atoms with Crippen LogP contribution < -0.4 is 11.3 Å². The molecule has 0 bridgehead atoms. The number of hydrogen-bond acceptors (Lipinski definition) is 6. The highest BCUT2D eigenvalue weighted by molar-refractivity contribution is 5.83. The second-order valence-electron chi connectivity index (χ2n) is 6.66. The predicted molar refractivity (Wildman–Crippen MR) is 101 cm³/mol. The zero-order valence-electron chi connectivity index (χ0n) is 15.5. The van der Waals surface area contributed by atoms with Gasteiger partial charge in [0.15, 0.2) is 0 Å². The molecule has 3 N–H and O–H groups in total. The lowest BCUT2D eigenvalue weighted by molar-refractivity contribution is -0.142. The van der Waals surface area contributed by atoms with Crippen molar-refractivity contribution in [1.29, 1.82) is 0 Å². The highest BCUT2D eigenvalue weighted by Gasteiger charge is 2.35. The molecule has 1 aromatic carbocycles. The summed E-state index contributed by atoms with van der Waals surface area (Å²) in [7, 11) is 1.58. The number of aromatic amines is 1. The molecule has 1 saturated heterocycles. The van der Waals surface area contributed by atoms with Gasteiger partial charge in [0.2, 0.25) is 5.56 Å². The Hall–Kier alpha value is -2.64. The molecule has 7 heteroatoms. The summed E-state index contributed by atoms with van der Waals surface area (Å²) in [6.45, 7) is 2.86. The predicted octanol–water partition coefficient (Wildman–Crippen LogP) is 2.17. The maximum atomic E-state index is 12.3. The fourth-order valence-corrected chi connectivity index (χ4v) is 3.27. The minimum Gasteiger partial charge on any atom is -0.455 e. The number of nitrogens with two attached hydrogens (primary N) is 1. The zero-order valence-corrected chi connectivity index (χ0v) is 15.5. The van der Waals surface area contributed by atoms with Gasteiger partial charge in [-0.15, -0.1) is 0 Å². The van der Waals surface area contributed by atoms with Gasteiger partial charge in [-0.1, -0.05) is 6.07 Å². The minimum absolute atomic E-state index is 0.157. The fourth-order valence-electron chi connectivity index (χ4n) is 3.27. The third-order valence-corrected chi connectivity index (χ3v) is 5.00. The van der Waals surface area contributed by atoms with Gasteiger partial charge in [-0.2, -0.15) is 0 Å². The molecule has 1 aliphatic rings. The van der Waals surface area contributed by atoms with Crippen molar-refractivity contribution in [3.8, 4) is 0 Å². The summed E-state index contributed by atoms with van der Waals surface area (Å²) in [5.41, 5.74) is 7.20. The molecule has 2 aromatic rings. The summed E-state index contributed by atoms with van der Waals surface area (Å²) in [5, 5.41) is 0.866. The van der Waals surface area contributed by atoms with Crippen molar-refractivity contribution in [3.63, 3.8) is 0 Å². The van der Waals surface area contributed by atoms with Crippen molar-refractivity contribution >= 4 is 16.9 Å². The van der Waals surface area contributed by atoms with Crippen LogP contribution in [0.15, 0.2) is 46.9 Å². The molecule has 27 heavy (non-hydrogen) atoms. The van der Waals surface area contributed by atoms with Gasteiger partial charge in [-0.3, -0.25) is 4.79 Å². The molecule has 3 rings (SSSR count). The van der Waals surface area contributed by atoms with Gasteiger partial charge < -0.3 is 24.9 Å². The summed E-state index contributed by atoms with van der Waals surface area (Å²) in [5.74, 6) is -0.524. The number of rotatable bonds is 5. The van der Waals surface area contributed by atoms with E-state index in [-0.39, 0.29) is 5.56 Å². The average Bonchev–Trinajstić information content (AvgIpc) is 2.67. The Morgan fingerprint density at radius 2 is 2.04 bits per heavy atom. The first-order chi connectivity index (χ1) is 12.9. The van der Waals surface area contributed by atoms with Crippen molar-refractivity contribution in [2.24, 2.45) is 5.73 Å². The number of esters is 1. The maximum Gasteiger partial charge on any atom is 0.333 e. The number of nitrogens with one attached hydrogen (secondary N) is 1. The third-order valence-electron chi connectivity index (χ3n) is 5.00. The molecular formula is C20H24N2O5. The van der Waals surface area contributed by atoms with E-state index in [1.807, 2.05) is 12.1 Å². The molecular weight excluding hydrogens is 348 g/mol. The molecule has 2 heterocycles. The van der Waals surface area contributed by atoms with E-state index in [1.54, 1.807) is 26.2 Å². The molecule has 0 spiro atoms. The molecule has 1 atom stereocenters. The van der Waals surface area contributed by atoms with Gasteiger partial charge >= 0.3 is 5.97 Å². The number of aromatic nitrogens is 1. The third kappa shape index (κ3) is 4.20. The largest absolute Gasteiger partial charge is 0.455 e. The lowest BCUT2D eigenvalue weighted by Crippen LogP contribution is -2.43. The monoisotopic (exact) mass is 372 g/mol. The van der Waals surface area contributed by atoms with E-state index in [0.717, 1.165) is 16.5 Å². The van der Waals surface area contributed by atoms with Crippen molar-refractivity contribution in [1.82, 2.24) is 4.98 Å². The molecule has 1 aliphatic heterocycles.